The van der Waals surface area contributed by atoms with Gasteiger partial charge in [0.15, 0.2) is 12.6 Å². The Hall–Kier alpha value is -0.870. The quantitative estimate of drug-likeness (QED) is 0.540. The van der Waals surface area contributed by atoms with E-state index in [1.807, 2.05) is 33.9 Å². The standard InChI is InChI=1S/C28H51NO7/c1-11-12-21-16-34-26(32)27(6,7)23(31)20(5)24(28(8,33-10)14-17(2)15-29(21)9)36-25-22(30)18(3)13-19(4)35-25/h11,17-22,24-26,30,32H,1,12-16H2,2-10H3/t17-,18+,19-,20+,21+,22-,24-,25+,26?,28-/m1/s1. The lowest BCUT2D eigenvalue weighted by Gasteiger charge is -2.46. The molecule has 0 aromatic heterocycles. The second kappa shape index (κ2) is 12.8. The molecule has 210 valence electrons. The first-order valence-corrected chi connectivity index (χ1v) is 13.4. The van der Waals surface area contributed by atoms with Gasteiger partial charge >= 0.3 is 0 Å². The monoisotopic (exact) mass is 513 g/mol. The minimum absolute atomic E-state index is 0.00523. The molecule has 2 aliphatic rings. The molecule has 0 spiro atoms. The number of Topliss-reactive ketones (excluding diaryl/α,β-unsaturated/α-hetero) is 1. The molecule has 2 heterocycles. The van der Waals surface area contributed by atoms with Crippen molar-refractivity contribution in [3.05, 3.63) is 12.7 Å². The van der Waals surface area contributed by atoms with Gasteiger partial charge in [0, 0.05) is 25.6 Å². The van der Waals surface area contributed by atoms with Crippen molar-refractivity contribution >= 4 is 5.78 Å². The van der Waals surface area contributed by atoms with Crippen LogP contribution < -0.4 is 0 Å². The van der Waals surface area contributed by atoms with Crippen LogP contribution in [0.4, 0.5) is 0 Å². The second-order valence-corrected chi connectivity index (χ2v) is 12.1. The summed E-state index contributed by atoms with van der Waals surface area (Å²) < 4.78 is 24.5. The Morgan fingerprint density at radius 3 is 2.42 bits per heavy atom. The van der Waals surface area contributed by atoms with Crippen molar-refractivity contribution in [2.75, 3.05) is 27.3 Å². The zero-order valence-corrected chi connectivity index (χ0v) is 23.9. The predicted octanol–water partition coefficient (Wildman–Crippen LogP) is 3.39. The highest BCUT2D eigenvalue weighted by Crippen LogP contribution is 2.39. The summed E-state index contributed by atoms with van der Waals surface area (Å²) in [7, 11) is 3.67. The molecule has 8 heteroatoms. The van der Waals surface area contributed by atoms with Crippen molar-refractivity contribution in [3.63, 3.8) is 0 Å². The molecule has 0 aromatic carbocycles. The first-order chi connectivity index (χ1) is 16.7. The number of carbonyl (C=O) groups is 1. The van der Waals surface area contributed by atoms with Gasteiger partial charge in [-0.2, -0.15) is 0 Å². The number of aliphatic hydroxyl groups excluding tert-OH is 2. The molecular weight excluding hydrogens is 462 g/mol. The van der Waals surface area contributed by atoms with Gasteiger partial charge in [-0.3, -0.25) is 4.79 Å². The first kappa shape index (κ1) is 31.3. The SMILES string of the molecule is C=CC[C@H]1COC(O)C(C)(C)C(=O)[C@H](C)[C@@H](O[C@@H]2O[C@H](C)C[C@H](C)[C@H]2O)[C@](C)(OC)C[C@@H](C)CN1C. The van der Waals surface area contributed by atoms with E-state index < -0.39 is 41.7 Å². The van der Waals surface area contributed by atoms with Crippen LogP contribution in [0, 0.1) is 23.2 Å². The van der Waals surface area contributed by atoms with E-state index in [0.717, 1.165) is 13.0 Å². The molecule has 8 nitrogen and oxygen atoms in total. The minimum Gasteiger partial charge on any atom is -0.388 e. The number of ketones is 1. The zero-order valence-electron chi connectivity index (χ0n) is 23.9. The van der Waals surface area contributed by atoms with Crippen LogP contribution in [0.2, 0.25) is 0 Å². The van der Waals surface area contributed by atoms with Crippen LogP contribution in [0.1, 0.15) is 67.7 Å². The van der Waals surface area contributed by atoms with Crippen LogP contribution >= 0.6 is 0 Å². The Bertz CT molecular complexity index is 731. The van der Waals surface area contributed by atoms with Crippen LogP contribution in [0.3, 0.4) is 0 Å². The number of likely N-dealkylation sites (N-methyl/N-ethyl adjacent to an activating group) is 1. The summed E-state index contributed by atoms with van der Waals surface area (Å²) in [5.41, 5.74) is -2.05. The van der Waals surface area contributed by atoms with Gasteiger partial charge in [0.05, 0.1) is 29.8 Å². The third-order valence-corrected chi connectivity index (χ3v) is 8.26. The molecule has 2 fully saturated rings. The third-order valence-electron chi connectivity index (χ3n) is 8.26. The first-order valence-electron chi connectivity index (χ1n) is 13.4. The molecule has 0 aromatic rings. The highest BCUT2D eigenvalue weighted by molar-refractivity contribution is 5.87. The maximum Gasteiger partial charge on any atom is 0.184 e. The molecule has 2 rings (SSSR count). The van der Waals surface area contributed by atoms with Crippen molar-refractivity contribution in [3.8, 4) is 0 Å². The summed E-state index contributed by atoms with van der Waals surface area (Å²) in [6.45, 7) is 18.1. The van der Waals surface area contributed by atoms with Crippen LogP contribution in [-0.4, -0.2) is 90.7 Å². The fraction of sp³-hybridized carbons (Fsp3) is 0.893. The molecule has 2 saturated heterocycles. The molecule has 0 radical (unpaired) electrons. The maximum absolute atomic E-state index is 13.9. The van der Waals surface area contributed by atoms with Gasteiger partial charge in [-0.25, -0.2) is 0 Å². The average Bonchev–Trinajstić information content (AvgIpc) is 2.80. The lowest BCUT2D eigenvalue weighted by atomic mass is 9.74. The van der Waals surface area contributed by atoms with E-state index in [1.165, 1.54) is 0 Å². The second-order valence-electron chi connectivity index (χ2n) is 12.1. The number of hydrogen-bond donors (Lipinski definition) is 2. The highest BCUT2D eigenvalue weighted by Gasteiger charge is 2.50. The fourth-order valence-electron chi connectivity index (χ4n) is 5.88. The number of hydrogen-bond acceptors (Lipinski definition) is 8. The summed E-state index contributed by atoms with van der Waals surface area (Å²) in [5, 5.41) is 21.9. The molecule has 2 aliphatic heterocycles. The zero-order chi connectivity index (χ0) is 27.4. The van der Waals surface area contributed by atoms with Gasteiger partial charge in [-0.1, -0.05) is 26.8 Å². The van der Waals surface area contributed by atoms with Crippen molar-refractivity contribution < 1.29 is 34.0 Å². The predicted molar refractivity (Wildman–Crippen MR) is 139 cm³/mol. The summed E-state index contributed by atoms with van der Waals surface area (Å²) in [6.07, 6.45) is 0.0903. The topological polar surface area (TPSA) is 97.7 Å². The molecular formula is C28H51NO7. The molecule has 10 atom stereocenters. The summed E-state index contributed by atoms with van der Waals surface area (Å²) in [4.78, 5) is 16.1. The maximum atomic E-state index is 13.9. The number of ether oxygens (including phenoxy) is 4. The lowest BCUT2D eigenvalue weighted by molar-refractivity contribution is -0.295. The van der Waals surface area contributed by atoms with Gasteiger partial charge in [-0.05, 0) is 65.8 Å². The number of aliphatic hydroxyl groups is 2. The van der Waals surface area contributed by atoms with E-state index in [4.69, 9.17) is 18.9 Å². The smallest absolute Gasteiger partial charge is 0.184 e. The van der Waals surface area contributed by atoms with E-state index >= 15 is 0 Å². The van der Waals surface area contributed by atoms with Crippen molar-refractivity contribution in [2.24, 2.45) is 23.2 Å². The Balaban J connectivity index is 2.50. The van der Waals surface area contributed by atoms with Crippen LogP contribution in [-0.2, 0) is 23.7 Å². The molecule has 0 amide bonds. The van der Waals surface area contributed by atoms with Crippen molar-refractivity contribution in [1.82, 2.24) is 4.90 Å². The van der Waals surface area contributed by atoms with E-state index in [-0.39, 0.29) is 36.4 Å². The summed E-state index contributed by atoms with van der Waals surface area (Å²) >= 11 is 0. The lowest BCUT2D eigenvalue weighted by Crippen LogP contribution is -2.57. The number of carbonyl (C=O) groups excluding carboxylic acids is 1. The Labute approximate surface area is 218 Å². The van der Waals surface area contributed by atoms with Gasteiger partial charge < -0.3 is 34.1 Å². The van der Waals surface area contributed by atoms with Crippen LogP contribution in [0.25, 0.3) is 0 Å². The minimum atomic E-state index is -1.29. The van der Waals surface area contributed by atoms with E-state index in [9.17, 15) is 15.0 Å². The Morgan fingerprint density at radius 2 is 1.83 bits per heavy atom. The summed E-state index contributed by atoms with van der Waals surface area (Å²) in [5.74, 6) is -0.680. The Morgan fingerprint density at radius 1 is 1.19 bits per heavy atom. The van der Waals surface area contributed by atoms with Gasteiger partial charge in [0.25, 0.3) is 0 Å². The van der Waals surface area contributed by atoms with E-state index in [1.54, 1.807) is 27.9 Å². The number of methoxy groups -OCH3 is 1. The Kier molecular flexibility index (Phi) is 11.1. The normalized spacial score (nSPS) is 43.8. The average molecular weight is 514 g/mol. The fourth-order valence-corrected chi connectivity index (χ4v) is 5.88. The molecule has 1 unspecified atom stereocenters. The molecule has 0 saturated carbocycles. The van der Waals surface area contributed by atoms with E-state index in [2.05, 4.69) is 18.4 Å². The van der Waals surface area contributed by atoms with Gasteiger partial charge in [-0.15, -0.1) is 6.58 Å². The van der Waals surface area contributed by atoms with Crippen LogP contribution in [0.5, 0.6) is 0 Å². The van der Waals surface area contributed by atoms with Gasteiger partial charge in [0.1, 0.15) is 11.9 Å². The van der Waals surface area contributed by atoms with Crippen molar-refractivity contribution in [2.45, 2.75) is 110 Å². The molecule has 2 N–H and O–H groups in total. The van der Waals surface area contributed by atoms with Crippen LogP contribution in [0.15, 0.2) is 12.7 Å². The summed E-state index contributed by atoms with van der Waals surface area (Å²) in [6, 6.07) is 0.0123. The molecule has 0 aliphatic carbocycles. The van der Waals surface area contributed by atoms with Crippen molar-refractivity contribution in [1.29, 1.82) is 0 Å². The molecule has 0 bridgehead atoms. The largest absolute Gasteiger partial charge is 0.388 e. The third kappa shape index (κ3) is 7.16. The molecule has 36 heavy (non-hydrogen) atoms. The van der Waals surface area contributed by atoms with Gasteiger partial charge in [0.2, 0.25) is 0 Å². The number of nitrogens with zero attached hydrogens (tertiary/aromatic N) is 1. The van der Waals surface area contributed by atoms with E-state index in [0.29, 0.717) is 12.8 Å². The highest BCUT2D eigenvalue weighted by atomic mass is 16.7. The number of rotatable bonds is 5.